The Morgan fingerprint density at radius 1 is 1.33 bits per heavy atom. The molecule has 0 bridgehead atoms. The normalized spacial score (nSPS) is 10.3. The van der Waals surface area contributed by atoms with E-state index in [2.05, 4.69) is 17.4 Å². The summed E-state index contributed by atoms with van der Waals surface area (Å²) >= 11 is 0. The van der Waals surface area contributed by atoms with Crippen LogP contribution in [0.3, 0.4) is 0 Å². The Hall–Kier alpha value is -2.10. The third kappa shape index (κ3) is 2.97. The molecule has 1 N–H and O–H groups in total. The van der Waals surface area contributed by atoms with Gasteiger partial charge >= 0.3 is 0 Å². The number of hydrogen-bond acceptors (Lipinski definition) is 3. The maximum atomic E-state index is 11.7. The van der Waals surface area contributed by atoms with Gasteiger partial charge in [-0.1, -0.05) is 48.8 Å². The standard InChI is InChI=1S/C14H16N2O2/c1-2-3-9-15-14(17)12-10-13(18-16-12)11-7-5-4-6-8-11/h4-8,10H,2-3,9H2,1H3,(H,15,17). The Morgan fingerprint density at radius 3 is 2.83 bits per heavy atom. The topological polar surface area (TPSA) is 55.1 Å². The molecule has 4 nitrogen and oxygen atoms in total. The lowest BCUT2D eigenvalue weighted by Crippen LogP contribution is -2.24. The minimum absolute atomic E-state index is 0.186. The summed E-state index contributed by atoms with van der Waals surface area (Å²) in [5, 5.41) is 6.59. The summed E-state index contributed by atoms with van der Waals surface area (Å²) in [5.41, 5.74) is 1.24. The molecule has 0 aliphatic rings. The number of nitrogens with zero attached hydrogens (tertiary/aromatic N) is 1. The first-order valence-corrected chi connectivity index (χ1v) is 6.11. The number of hydrogen-bond donors (Lipinski definition) is 1. The molecular weight excluding hydrogens is 228 g/mol. The van der Waals surface area contributed by atoms with Gasteiger partial charge < -0.3 is 9.84 Å². The van der Waals surface area contributed by atoms with E-state index < -0.39 is 0 Å². The van der Waals surface area contributed by atoms with E-state index in [-0.39, 0.29) is 5.91 Å². The van der Waals surface area contributed by atoms with Gasteiger partial charge in [-0.2, -0.15) is 0 Å². The molecule has 0 saturated heterocycles. The first-order valence-electron chi connectivity index (χ1n) is 6.11. The number of carbonyl (C=O) groups is 1. The molecule has 0 aliphatic carbocycles. The lowest BCUT2D eigenvalue weighted by molar-refractivity contribution is 0.0944. The molecule has 1 aromatic carbocycles. The van der Waals surface area contributed by atoms with Crippen LogP contribution in [-0.2, 0) is 0 Å². The average molecular weight is 244 g/mol. The van der Waals surface area contributed by atoms with Gasteiger partial charge in [0.25, 0.3) is 5.91 Å². The molecule has 0 aliphatic heterocycles. The molecule has 94 valence electrons. The van der Waals surface area contributed by atoms with Crippen molar-refractivity contribution in [2.45, 2.75) is 19.8 Å². The van der Waals surface area contributed by atoms with Crippen molar-refractivity contribution < 1.29 is 9.32 Å². The number of amides is 1. The Labute approximate surface area is 106 Å². The SMILES string of the molecule is CCCCNC(=O)c1cc(-c2ccccc2)on1. The highest BCUT2D eigenvalue weighted by atomic mass is 16.5. The smallest absolute Gasteiger partial charge is 0.273 e. The Morgan fingerprint density at radius 2 is 2.11 bits per heavy atom. The predicted molar refractivity (Wildman–Crippen MR) is 69.2 cm³/mol. The molecule has 2 rings (SSSR count). The van der Waals surface area contributed by atoms with Gasteiger partial charge in [0.1, 0.15) is 0 Å². The van der Waals surface area contributed by atoms with Gasteiger partial charge in [-0.3, -0.25) is 4.79 Å². The van der Waals surface area contributed by atoms with Gasteiger partial charge in [-0.05, 0) is 6.42 Å². The van der Waals surface area contributed by atoms with Gasteiger partial charge in [0, 0.05) is 18.2 Å². The molecular formula is C14H16N2O2. The molecule has 4 heteroatoms. The van der Waals surface area contributed by atoms with Crippen LogP contribution in [0, 0.1) is 0 Å². The molecule has 18 heavy (non-hydrogen) atoms. The zero-order valence-electron chi connectivity index (χ0n) is 10.3. The van der Waals surface area contributed by atoms with Crippen LogP contribution in [0.5, 0.6) is 0 Å². The van der Waals surface area contributed by atoms with Crippen molar-refractivity contribution in [3.8, 4) is 11.3 Å². The zero-order valence-corrected chi connectivity index (χ0v) is 10.3. The summed E-state index contributed by atoms with van der Waals surface area (Å²) in [6.45, 7) is 2.75. The number of rotatable bonds is 5. The maximum Gasteiger partial charge on any atom is 0.273 e. The Balaban J connectivity index is 2.04. The van der Waals surface area contributed by atoms with Crippen molar-refractivity contribution in [1.82, 2.24) is 10.5 Å². The molecule has 2 aromatic rings. The fourth-order valence-electron chi connectivity index (χ4n) is 1.59. The molecule has 1 amide bonds. The van der Waals surface area contributed by atoms with Crippen LogP contribution in [0.2, 0.25) is 0 Å². The van der Waals surface area contributed by atoms with Gasteiger partial charge in [0.2, 0.25) is 0 Å². The van der Waals surface area contributed by atoms with Crippen molar-refractivity contribution in [3.05, 3.63) is 42.1 Å². The summed E-state index contributed by atoms with van der Waals surface area (Å²) < 4.78 is 5.17. The summed E-state index contributed by atoms with van der Waals surface area (Å²) in [7, 11) is 0. The number of benzene rings is 1. The van der Waals surface area contributed by atoms with Crippen LogP contribution in [0.25, 0.3) is 11.3 Å². The quantitative estimate of drug-likeness (QED) is 0.823. The highest BCUT2D eigenvalue weighted by Crippen LogP contribution is 2.19. The third-order valence-electron chi connectivity index (χ3n) is 2.62. The molecule has 0 saturated carbocycles. The summed E-state index contributed by atoms with van der Waals surface area (Å²) in [6, 6.07) is 11.3. The van der Waals surface area contributed by atoms with Crippen molar-refractivity contribution in [2.75, 3.05) is 6.54 Å². The first-order chi connectivity index (χ1) is 8.81. The van der Waals surface area contributed by atoms with Crippen molar-refractivity contribution in [3.63, 3.8) is 0 Å². The van der Waals surface area contributed by atoms with Gasteiger partial charge in [-0.25, -0.2) is 0 Å². The first kappa shape index (κ1) is 12.4. The Bertz CT molecular complexity index is 506. The minimum Gasteiger partial charge on any atom is -0.355 e. The van der Waals surface area contributed by atoms with E-state index in [0.717, 1.165) is 18.4 Å². The lowest BCUT2D eigenvalue weighted by atomic mass is 10.1. The van der Waals surface area contributed by atoms with E-state index in [0.29, 0.717) is 18.0 Å². The number of carbonyl (C=O) groups excluding carboxylic acids is 1. The van der Waals surface area contributed by atoms with Crippen molar-refractivity contribution in [2.24, 2.45) is 0 Å². The minimum atomic E-state index is -0.186. The van der Waals surface area contributed by atoms with E-state index in [1.54, 1.807) is 6.07 Å². The molecule has 0 atom stereocenters. The predicted octanol–water partition coefficient (Wildman–Crippen LogP) is 2.87. The van der Waals surface area contributed by atoms with E-state index in [9.17, 15) is 4.79 Å². The molecule has 1 aromatic heterocycles. The van der Waals surface area contributed by atoms with Crippen molar-refractivity contribution >= 4 is 5.91 Å². The van der Waals surface area contributed by atoms with Crippen molar-refractivity contribution in [1.29, 1.82) is 0 Å². The molecule has 0 unspecified atom stereocenters. The second-order valence-corrected chi connectivity index (χ2v) is 4.05. The molecule has 0 radical (unpaired) electrons. The maximum absolute atomic E-state index is 11.7. The van der Waals surface area contributed by atoms with Crippen LogP contribution in [0.4, 0.5) is 0 Å². The van der Waals surface area contributed by atoms with Crippen LogP contribution in [0.1, 0.15) is 30.3 Å². The van der Waals surface area contributed by atoms with E-state index in [4.69, 9.17) is 4.52 Å². The number of unbranched alkanes of at least 4 members (excludes halogenated alkanes) is 1. The summed E-state index contributed by atoms with van der Waals surface area (Å²) in [5.74, 6) is 0.422. The highest BCUT2D eigenvalue weighted by molar-refractivity contribution is 5.93. The van der Waals surface area contributed by atoms with Crippen LogP contribution >= 0.6 is 0 Å². The monoisotopic (exact) mass is 244 g/mol. The third-order valence-corrected chi connectivity index (χ3v) is 2.62. The fraction of sp³-hybridized carbons (Fsp3) is 0.286. The number of aromatic nitrogens is 1. The summed E-state index contributed by atoms with van der Waals surface area (Å²) in [6.07, 6.45) is 2.02. The van der Waals surface area contributed by atoms with Gasteiger partial charge in [0.15, 0.2) is 11.5 Å². The largest absolute Gasteiger partial charge is 0.355 e. The van der Waals surface area contributed by atoms with Crippen LogP contribution < -0.4 is 5.32 Å². The van der Waals surface area contributed by atoms with E-state index in [1.807, 2.05) is 30.3 Å². The fourth-order valence-corrected chi connectivity index (χ4v) is 1.59. The van der Waals surface area contributed by atoms with E-state index >= 15 is 0 Å². The van der Waals surface area contributed by atoms with E-state index in [1.165, 1.54) is 0 Å². The second kappa shape index (κ2) is 6.00. The van der Waals surface area contributed by atoms with Crippen LogP contribution in [0.15, 0.2) is 40.9 Å². The average Bonchev–Trinajstić information content (AvgIpc) is 2.89. The van der Waals surface area contributed by atoms with Gasteiger partial charge in [0.05, 0.1) is 0 Å². The molecule has 1 heterocycles. The van der Waals surface area contributed by atoms with Gasteiger partial charge in [-0.15, -0.1) is 0 Å². The lowest BCUT2D eigenvalue weighted by Gasteiger charge is -1.99. The Kier molecular flexibility index (Phi) is 4.12. The summed E-state index contributed by atoms with van der Waals surface area (Å²) in [4.78, 5) is 11.7. The number of nitrogens with one attached hydrogen (secondary N) is 1. The second-order valence-electron chi connectivity index (χ2n) is 4.05. The molecule has 0 spiro atoms. The van der Waals surface area contributed by atoms with Crippen LogP contribution in [-0.4, -0.2) is 17.6 Å². The zero-order chi connectivity index (χ0) is 12.8. The highest BCUT2D eigenvalue weighted by Gasteiger charge is 2.12. The molecule has 0 fully saturated rings.